The highest BCUT2D eigenvalue weighted by Gasteiger charge is 2.27. The first-order chi connectivity index (χ1) is 9.31. The molecule has 0 unspecified atom stereocenters. The third kappa shape index (κ3) is 2.89. The van der Waals surface area contributed by atoms with Crippen molar-refractivity contribution in [2.24, 2.45) is 0 Å². The van der Waals surface area contributed by atoms with Gasteiger partial charge in [0.05, 0.1) is 6.54 Å². The Labute approximate surface area is 118 Å². The number of pyridine rings is 1. The summed E-state index contributed by atoms with van der Waals surface area (Å²) in [5.41, 5.74) is 7.85. The minimum absolute atomic E-state index is 0.323. The molecule has 0 bridgehead atoms. The monoisotopic (exact) mass is 276 g/mol. The Morgan fingerprint density at radius 2 is 2.25 bits per heavy atom. The molecule has 0 atom stereocenters. The quantitative estimate of drug-likeness (QED) is 0.767. The maximum atomic E-state index is 12.1. The van der Waals surface area contributed by atoms with E-state index in [1.54, 1.807) is 11.1 Å². The van der Waals surface area contributed by atoms with Crippen molar-refractivity contribution in [2.45, 2.75) is 39.3 Å². The molecular weight excluding hydrogens is 256 g/mol. The standard InChI is InChI=1S/C14H20N4O2/c1-14(2,3)20-13(19)18-5-4-10-9(8-18)7-17-12(16)11(10)6-15/h6-7,15H,4-5,8H2,1-3H3,(H2,16,17). The van der Waals surface area contributed by atoms with Gasteiger partial charge in [-0.2, -0.15) is 0 Å². The van der Waals surface area contributed by atoms with Crippen LogP contribution < -0.4 is 5.73 Å². The van der Waals surface area contributed by atoms with E-state index in [0.717, 1.165) is 11.1 Å². The molecule has 0 radical (unpaired) electrons. The minimum Gasteiger partial charge on any atom is -0.444 e. The van der Waals surface area contributed by atoms with E-state index in [0.29, 0.717) is 30.9 Å². The fraction of sp³-hybridized carbons (Fsp3) is 0.500. The van der Waals surface area contributed by atoms with Gasteiger partial charge in [0.15, 0.2) is 0 Å². The van der Waals surface area contributed by atoms with Gasteiger partial charge in [-0.15, -0.1) is 0 Å². The number of nitrogens with two attached hydrogens (primary N) is 1. The van der Waals surface area contributed by atoms with Crippen LogP contribution in [-0.4, -0.2) is 34.3 Å². The van der Waals surface area contributed by atoms with Gasteiger partial charge in [0.1, 0.15) is 11.4 Å². The van der Waals surface area contributed by atoms with Gasteiger partial charge < -0.3 is 20.8 Å². The number of carbonyl (C=O) groups is 1. The van der Waals surface area contributed by atoms with Crippen LogP contribution in [0.2, 0.25) is 0 Å². The SMILES string of the molecule is CC(C)(C)OC(=O)N1CCc2c(cnc(N)c2C=N)C1. The number of hydrogen-bond acceptors (Lipinski definition) is 5. The van der Waals surface area contributed by atoms with Crippen LogP contribution in [0.25, 0.3) is 0 Å². The van der Waals surface area contributed by atoms with Crippen molar-refractivity contribution in [3.8, 4) is 0 Å². The number of aromatic nitrogens is 1. The molecule has 20 heavy (non-hydrogen) atoms. The molecule has 6 heteroatoms. The van der Waals surface area contributed by atoms with Crippen LogP contribution in [0, 0.1) is 5.41 Å². The van der Waals surface area contributed by atoms with Crippen LogP contribution in [0.1, 0.15) is 37.5 Å². The van der Waals surface area contributed by atoms with Crippen LogP contribution in [0.15, 0.2) is 6.20 Å². The zero-order valence-corrected chi connectivity index (χ0v) is 12.1. The van der Waals surface area contributed by atoms with Crippen LogP contribution in [-0.2, 0) is 17.7 Å². The molecule has 108 valence electrons. The van der Waals surface area contributed by atoms with E-state index in [1.165, 1.54) is 6.21 Å². The van der Waals surface area contributed by atoms with E-state index in [9.17, 15) is 4.79 Å². The van der Waals surface area contributed by atoms with E-state index in [1.807, 2.05) is 20.8 Å². The highest BCUT2D eigenvalue weighted by molar-refractivity contribution is 5.86. The Morgan fingerprint density at radius 1 is 1.55 bits per heavy atom. The molecule has 0 aromatic carbocycles. The average molecular weight is 276 g/mol. The number of nitrogens with zero attached hydrogens (tertiary/aromatic N) is 2. The second-order valence-electron chi connectivity index (χ2n) is 5.86. The largest absolute Gasteiger partial charge is 0.444 e. The maximum Gasteiger partial charge on any atom is 0.410 e. The Balaban J connectivity index is 2.20. The van der Waals surface area contributed by atoms with Gasteiger partial charge in [0, 0.05) is 24.5 Å². The van der Waals surface area contributed by atoms with Gasteiger partial charge in [-0.05, 0) is 38.3 Å². The van der Waals surface area contributed by atoms with Crippen molar-refractivity contribution >= 4 is 18.1 Å². The first-order valence-electron chi connectivity index (χ1n) is 6.56. The van der Waals surface area contributed by atoms with E-state index in [4.69, 9.17) is 15.9 Å². The summed E-state index contributed by atoms with van der Waals surface area (Å²) in [6, 6.07) is 0. The number of nitrogen functional groups attached to an aromatic ring is 1. The first kappa shape index (κ1) is 14.3. The van der Waals surface area contributed by atoms with E-state index in [-0.39, 0.29) is 6.09 Å². The minimum atomic E-state index is -0.503. The molecule has 3 N–H and O–H groups in total. The fourth-order valence-corrected chi connectivity index (χ4v) is 2.23. The van der Waals surface area contributed by atoms with E-state index < -0.39 is 5.60 Å². The highest BCUT2D eigenvalue weighted by Crippen LogP contribution is 2.25. The van der Waals surface area contributed by atoms with Gasteiger partial charge in [-0.1, -0.05) is 0 Å². The number of hydrogen-bond donors (Lipinski definition) is 2. The van der Waals surface area contributed by atoms with Gasteiger partial charge in [-0.3, -0.25) is 0 Å². The molecule has 0 fully saturated rings. The lowest BCUT2D eigenvalue weighted by Gasteiger charge is -2.31. The Hall–Kier alpha value is -2.11. The molecule has 2 heterocycles. The molecule has 0 aliphatic carbocycles. The Morgan fingerprint density at radius 3 is 2.85 bits per heavy atom. The second-order valence-corrected chi connectivity index (χ2v) is 5.86. The second kappa shape index (κ2) is 5.11. The molecule has 2 rings (SSSR count). The normalized spacial score (nSPS) is 14.7. The number of rotatable bonds is 1. The summed E-state index contributed by atoms with van der Waals surface area (Å²) < 4.78 is 5.37. The summed E-state index contributed by atoms with van der Waals surface area (Å²) >= 11 is 0. The van der Waals surface area contributed by atoms with E-state index >= 15 is 0 Å². The highest BCUT2D eigenvalue weighted by atomic mass is 16.6. The zero-order valence-electron chi connectivity index (χ0n) is 12.1. The van der Waals surface area contributed by atoms with Crippen molar-refractivity contribution in [2.75, 3.05) is 12.3 Å². The van der Waals surface area contributed by atoms with Crippen molar-refractivity contribution in [1.29, 1.82) is 5.41 Å². The molecule has 1 aromatic rings. The van der Waals surface area contributed by atoms with Crippen LogP contribution in [0.5, 0.6) is 0 Å². The number of amides is 1. The van der Waals surface area contributed by atoms with Crippen molar-refractivity contribution < 1.29 is 9.53 Å². The lowest BCUT2D eigenvalue weighted by atomic mass is 9.97. The predicted octanol–water partition coefficient (Wildman–Crippen LogP) is 1.95. The average Bonchev–Trinajstić information content (AvgIpc) is 2.36. The number of nitrogens with one attached hydrogen (secondary N) is 1. The van der Waals surface area contributed by atoms with Crippen molar-refractivity contribution in [1.82, 2.24) is 9.88 Å². The van der Waals surface area contributed by atoms with Gasteiger partial charge in [-0.25, -0.2) is 9.78 Å². The molecular formula is C14H20N4O2. The molecule has 1 amide bonds. The van der Waals surface area contributed by atoms with Gasteiger partial charge >= 0.3 is 6.09 Å². The lowest BCUT2D eigenvalue weighted by Crippen LogP contribution is -2.40. The molecule has 1 aliphatic rings. The molecule has 6 nitrogen and oxygen atoms in total. The first-order valence-corrected chi connectivity index (χ1v) is 6.56. The topological polar surface area (TPSA) is 92.3 Å². The number of fused-ring (bicyclic) bond motifs is 1. The summed E-state index contributed by atoms with van der Waals surface area (Å²) in [6.45, 7) is 6.54. The summed E-state index contributed by atoms with van der Waals surface area (Å²) in [5, 5.41) is 7.43. The Bertz CT molecular complexity index is 549. The van der Waals surface area contributed by atoms with Crippen molar-refractivity contribution in [3.63, 3.8) is 0 Å². The van der Waals surface area contributed by atoms with Gasteiger partial charge in [0.2, 0.25) is 0 Å². The summed E-state index contributed by atoms with van der Waals surface area (Å²) in [4.78, 5) is 17.8. The lowest BCUT2D eigenvalue weighted by molar-refractivity contribution is 0.0224. The fourth-order valence-electron chi connectivity index (χ4n) is 2.23. The maximum absolute atomic E-state index is 12.1. The summed E-state index contributed by atoms with van der Waals surface area (Å²) in [5.74, 6) is 0.365. The Kier molecular flexibility index (Phi) is 3.65. The van der Waals surface area contributed by atoms with Crippen LogP contribution >= 0.6 is 0 Å². The number of carbonyl (C=O) groups excluding carboxylic acids is 1. The third-order valence-corrected chi connectivity index (χ3v) is 3.14. The molecule has 0 spiro atoms. The molecule has 1 aliphatic heterocycles. The zero-order chi connectivity index (χ0) is 14.9. The summed E-state index contributed by atoms with van der Waals surface area (Å²) in [7, 11) is 0. The molecule has 1 aromatic heterocycles. The number of ether oxygens (including phenoxy) is 1. The smallest absolute Gasteiger partial charge is 0.410 e. The van der Waals surface area contributed by atoms with Crippen molar-refractivity contribution in [3.05, 3.63) is 22.9 Å². The predicted molar refractivity (Wildman–Crippen MR) is 76.9 cm³/mol. The molecule has 0 saturated carbocycles. The number of anilines is 1. The van der Waals surface area contributed by atoms with Gasteiger partial charge in [0.25, 0.3) is 0 Å². The van der Waals surface area contributed by atoms with E-state index in [2.05, 4.69) is 4.98 Å². The molecule has 0 saturated heterocycles. The van der Waals surface area contributed by atoms with Crippen LogP contribution in [0.3, 0.4) is 0 Å². The third-order valence-electron chi connectivity index (χ3n) is 3.14. The summed E-state index contributed by atoms with van der Waals surface area (Å²) in [6.07, 6.45) is 3.24. The van der Waals surface area contributed by atoms with Crippen LogP contribution in [0.4, 0.5) is 10.6 Å².